The number of aryl methyl sites for hydroxylation is 2. The van der Waals surface area contributed by atoms with Crippen molar-refractivity contribution in [3.05, 3.63) is 58.4 Å². The first-order valence-corrected chi connectivity index (χ1v) is 12.3. The largest absolute Gasteiger partial charge is 0.391 e. The molecule has 1 aromatic heterocycles. The summed E-state index contributed by atoms with van der Waals surface area (Å²) in [6, 6.07) is 6.40. The van der Waals surface area contributed by atoms with Gasteiger partial charge in [-0.1, -0.05) is 17.3 Å². The van der Waals surface area contributed by atoms with E-state index in [4.69, 9.17) is 4.84 Å². The summed E-state index contributed by atoms with van der Waals surface area (Å²) in [4.78, 5) is 39.0. The van der Waals surface area contributed by atoms with Gasteiger partial charge in [-0.05, 0) is 75.6 Å². The molecule has 4 rings (SSSR count). The number of aliphatic hydroxyl groups excluding tert-OH is 1. The fourth-order valence-corrected chi connectivity index (χ4v) is 4.68. The van der Waals surface area contributed by atoms with Crippen molar-refractivity contribution in [2.24, 2.45) is 11.1 Å². The number of benzene rings is 1. The van der Waals surface area contributed by atoms with Crippen LogP contribution in [0.25, 0.3) is 0 Å². The quantitative estimate of drug-likeness (QED) is 0.540. The lowest BCUT2D eigenvalue weighted by Crippen LogP contribution is -2.43. The second-order valence-electron chi connectivity index (χ2n) is 9.63. The van der Waals surface area contributed by atoms with E-state index in [1.807, 2.05) is 0 Å². The van der Waals surface area contributed by atoms with E-state index >= 15 is 0 Å². The molecule has 1 fully saturated rings. The van der Waals surface area contributed by atoms with Gasteiger partial charge in [0.2, 0.25) is 5.91 Å². The van der Waals surface area contributed by atoms with Crippen molar-refractivity contribution >= 4 is 17.5 Å². The van der Waals surface area contributed by atoms with Crippen molar-refractivity contribution in [1.82, 2.24) is 20.6 Å². The monoisotopic (exact) mass is 497 g/mol. The number of oxime groups is 1. The van der Waals surface area contributed by atoms with Gasteiger partial charge in [0.15, 0.2) is 0 Å². The van der Waals surface area contributed by atoms with Crippen LogP contribution < -0.4 is 10.6 Å². The predicted octanol–water partition coefficient (Wildman–Crippen LogP) is 2.71. The van der Waals surface area contributed by atoms with Crippen molar-refractivity contribution in [2.75, 3.05) is 0 Å². The highest BCUT2D eigenvalue weighted by Gasteiger charge is 2.34. The number of amides is 2. The van der Waals surface area contributed by atoms with Gasteiger partial charge in [0, 0.05) is 19.0 Å². The number of hydrogen-bond acceptors (Lipinski definition) is 7. The van der Waals surface area contributed by atoms with Gasteiger partial charge in [0.25, 0.3) is 5.91 Å². The van der Waals surface area contributed by atoms with Crippen molar-refractivity contribution in [3.8, 4) is 0 Å². The normalized spacial score (nSPS) is 22.4. The van der Waals surface area contributed by atoms with Crippen LogP contribution >= 0.6 is 0 Å². The number of carbonyl (C=O) groups is 2. The molecular formula is C26H32FN5O4. The van der Waals surface area contributed by atoms with Crippen LogP contribution in [0, 0.1) is 25.6 Å². The van der Waals surface area contributed by atoms with Crippen LogP contribution in [0.4, 0.5) is 4.39 Å². The number of hydrogen-bond donors (Lipinski definition) is 3. The number of halogens is 1. The van der Waals surface area contributed by atoms with Crippen LogP contribution in [0.1, 0.15) is 72.2 Å². The molecule has 0 spiro atoms. The summed E-state index contributed by atoms with van der Waals surface area (Å²) in [6.45, 7) is 5.12. The second-order valence-corrected chi connectivity index (χ2v) is 9.63. The summed E-state index contributed by atoms with van der Waals surface area (Å²) >= 11 is 0. The van der Waals surface area contributed by atoms with Crippen molar-refractivity contribution in [3.63, 3.8) is 0 Å². The summed E-state index contributed by atoms with van der Waals surface area (Å²) in [5, 5.41) is 19.4. The highest BCUT2D eigenvalue weighted by Crippen LogP contribution is 2.33. The molecular weight excluding hydrogens is 465 g/mol. The minimum Gasteiger partial charge on any atom is -0.391 e. The molecule has 1 aliphatic carbocycles. The maximum absolute atomic E-state index is 13.5. The molecule has 0 unspecified atom stereocenters. The zero-order valence-electron chi connectivity index (χ0n) is 20.8. The number of rotatable bonds is 7. The van der Waals surface area contributed by atoms with Crippen LogP contribution in [0.3, 0.4) is 0 Å². The Morgan fingerprint density at radius 1 is 1.17 bits per heavy atom. The topological polar surface area (TPSA) is 126 Å². The molecule has 2 aliphatic rings. The zero-order valence-corrected chi connectivity index (χ0v) is 20.8. The van der Waals surface area contributed by atoms with Crippen molar-refractivity contribution in [2.45, 2.75) is 77.7 Å². The summed E-state index contributed by atoms with van der Waals surface area (Å²) in [5.74, 6) is -0.216. The van der Waals surface area contributed by atoms with Crippen LogP contribution in [0.5, 0.6) is 0 Å². The van der Waals surface area contributed by atoms with Gasteiger partial charge in [-0.3, -0.25) is 9.59 Å². The van der Waals surface area contributed by atoms with E-state index in [2.05, 4.69) is 25.8 Å². The summed E-state index contributed by atoms with van der Waals surface area (Å²) in [7, 11) is 0. The second kappa shape index (κ2) is 11.1. The Labute approximate surface area is 209 Å². The van der Waals surface area contributed by atoms with Crippen LogP contribution in [0.2, 0.25) is 0 Å². The van der Waals surface area contributed by atoms with Gasteiger partial charge >= 0.3 is 0 Å². The van der Waals surface area contributed by atoms with Crippen molar-refractivity contribution < 1.29 is 23.9 Å². The standard InChI is InChI=1S/C26H32FN5O4/c1-14-10-17(4-9-20(14)27)13-28-26(35)23-11-21(29-16(3)30-23)22-12-24(36-32-22)18-5-7-19(8-6-18)31-25(34)15(2)33/h4,9-11,15,18-19,24,33H,5-8,12-13H2,1-3H3,(H,28,35)(H,31,34)/t15-,18?,19?,24+/m0/s1. The molecule has 1 aliphatic heterocycles. The maximum atomic E-state index is 13.5. The molecule has 1 saturated carbocycles. The van der Waals surface area contributed by atoms with Gasteiger partial charge in [0.05, 0.1) is 5.69 Å². The molecule has 3 N–H and O–H groups in total. The van der Waals surface area contributed by atoms with Gasteiger partial charge in [-0.25, -0.2) is 14.4 Å². The number of aromatic nitrogens is 2. The summed E-state index contributed by atoms with van der Waals surface area (Å²) in [5.41, 5.74) is 2.79. The Morgan fingerprint density at radius 2 is 1.92 bits per heavy atom. The Morgan fingerprint density at radius 3 is 2.61 bits per heavy atom. The molecule has 0 radical (unpaired) electrons. The van der Waals surface area contributed by atoms with Crippen LogP contribution in [-0.4, -0.2) is 50.9 Å². The lowest BCUT2D eigenvalue weighted by molar-refractivity contribution is -0.129. The minimum atomic E-state index is -1.01. The van der Waals surface area contributed by atoms with E-state index in [-0.39, 0.29) is 42.0 Å². The molecule has 0 bridgehead atoms. The van der Waals surface area contributed by atoms with Crippen molar-refractivity contribution in [1.29, 1.82) is 0 Å². The first-order chi connectivity index (χ1) is 17.2. The molecule has 2 aromatic rings. The molecule has 10 heteroatoms. The SMILES string of the molecule is Cc1nc(C(=O)NCc2ccc(F)c(C)c2)cc(C2=NO[C@@H](C3CCC(NC(=O)[C@H](C)O)CC3)C2)n1. The van der Waals surface area contributed by atoms with E-state index in [1.54, 1.807) is 32.0 Å². The molecule has 36 heavy (non-hydrogen) atoms. The first kappa shape index (κ1) is 25.7. The first-order valence-electron chi connectivity index (χ1n) is 12.3. The van der Waals surface area contributed by atoms with E-state index in [0.29, 0.717) is 35.1 Å². The third-order valence-electron chi connectivity index (χ3n) is 6.76. The van der Waals surface area contributed by atoms with E-state index < -0.39 is 6.10 Å². The number of carbonyl (C=O) groups excluding carboxylic acids is 2. The molecule has 9 nitrogen and oxygen atoms in total. The lowest BCUT2D eigenvalue weighted by atomic mass is 9.81. The third kappa shape index (κ3) is 6.23. The summed E-state index contributed by atoms with van der Waals surface area (Å²) in [6.07, 6.45) is 2.91. The smallest absolute Gasteiger partial charge is 0.270 e. The zero-order chi connectivity index (χ0) is 25.8. The highest BCUT2D eigenvalue weighted by molar-refractivity contribution is 6.01. The molecule has 1 aromatic carbocycles. The van der Waals surface area contributed by atoms with Crippen LogP contribution in [0.15, 0.2) is 29.4 Å². The number of nitrogens with zero attached hydrogens (tertiary/aromatic N) is 3. The Kier molecular flexibility index (Phi) is 7.93. The Hall–Kier alpha value is -3.40. The lowest BCUT2D eigenvalue weighted by Gasteiger charge is -2.31. The number of nitrogens with one attached hydrogen (secondary N) is 2. The molecule has 0 saturated heterocycles. The fourth-order valence-electron chi connectivity index (χ4n) is 4.68. The van der Waals surface area contributed by atoms with E-state index in [9.17, 15) is 19.1 Å². The molecule has 2 atom stereocenters. The van der Waals surface area contributed by atoms with Gasteiger partial charge < -0.3 is 20.6 Å². The predicted molar refractivity (Wildman–Crippen MR) is 131 cm³/mol. The average Bonchev–Trinajstić information content (AvgIpc) is 3.35. The van der Waals surface area contributed by atoms with E-state index in [1.165, 1.54) is 13.0 Å². The van der Waals surface area contributed by atoms with Gasteiger partial charge in [-0.15, -0.1) is 0 Å². The summed E-state index contributed by atoms with van der Waals surface area (Å²) < 4.78 is 13.5. The van der Waals surface area contributed by atoms with Gasteiger partial charge in [0.1, 0.15) is 35.3 Å². The van der Waals surface area contributed by atoms with Gasteiger partial charge in [-0.2, -0.15) is 0 Å². The Bertz CT molecular complexity index is 1160. The molecule has 2 amide bonds. The van der Waals surface area contributed by atoms with Crippen LogP contribution in [-0.2, 0) is 16.2 Å². The number of aliphatic hydroxyl groups is 1. The van der Waals surface area contributed by atoms with E-state index in [0.717, 1.165) is 31.2 Å². The average molecular weight is 498 g/mol. The Balaban J connectivity index is 1.33. The molecule has 2 heterocycles. The molecule has 192 valence electrons. The fraction of sp³-hybridized carbons (Fsp3) is 0.500. The highest BCUT2D eigenvalue weighted by atomic mass is 19.1. The minimum absolute atomic E-state index is 0.0644. The maximum Gasteiger partial charge on any atom is 0.270 e. The third-order valence-corrected chi connectivity index (χ3v) is 6.76.